The predicted molar refractivity (Wildman–Crippen MR) is 73.0 cm³/mol. The van der Waals surface area contributed by atoms with E-state index in [4.69, 9.17) is 11.6 Å². The number of nitrogens with one attached hydrogen (secondary N) is 1. The number of likely N-dealkylation sites (tertiary alicyclic amines) is 1. The summed E-state index contributed by atoms with van der Waals surface area (Å²) in [5.74, 6) is 0. The third kappa shape index (κ3) is 2.35. The lowest BCUT2D eigenvalue weighted by Gasteiger charge is -2.22. The summed E-state index contributed by atoms with van der Waals surface area (Å²) in [4.78, 5) is 4.92. The third-order valence-corrected chi connectivity index (χ3v) is 3.88. The van der Waals surface area contributed by atoms with E-state index in [-0.39, 0.29) is 0 Å². The molecule has 17 heavy (non-hydrogen) atoms. The fourth-order valence-electron chi connectivity index (χ4n) is 2.65. The molecule has 0 amide bonds. The van der Waals surface area contributed by atoms with E-state index in [2.05, 4.69) is 27.2 Å². The number of hydrogen-bond donors (Lipinski definition) is 1. The monoisotopic (exact) mass is 251 g/mol. The van der Waals surface area contributed by atoms with Gasteiger partial charge in [0.1, 0.15) is 0 Å². The Kier molecular flexibility index (Phi) is 3.12. The Balaban J connectivity index is 1.64. The Morgan fingerprint density at radius 3 is 2.82 bits per heavy atom. The maximum absolute atomic E-state index is 6.05. The summed E-state index contributed by atoms with van der Waals surface area (Å²) < 4.78 is 0. The molecular weight excluding hydrogens is 234 g/mol. The van der Waals surface area contributed by atoms with Crippen molar-refractivity contribution in [2.75, 3.05) is 43.1 Å². The molecule has 2 aliphatic rings. The SMILES string of the molecule is Clc1ccc2c(c1)N(CCN1CCCC1)CN2. The molecule has 1 fully saturated rings. The number of benzene rings is 1. The molecule has 0 saturated carbocycles. The molecule has 1 saturated heterocycles. The lowest BCUT2D eigenvalue weighted by Crippen LogP contribution is -2.33. The molecule has 92 valence electrons. The van der Waals surface area contributed by atoms with Crippen molar-refractivity contribution in [2.24, 2.45) is 0 Å². The highest BCUT2D eigenvalue weighted by molar-refractivity contribution is 6.31. The highest BCUT2D eigenvalue weighted by Crippen LogP contribution is 2.33. The molecule has 0 bridgehead atoms. The normalized spacial score (nSPS) is 19.5. The molecule has 0 aromatic heterocycles. The van der Waals surface area contributed by atoms with Crippen LogP contribution in [-0.2, 0) is 0 Å². The lowest BCUT2D eigenvalue weighted by atomic mass is 10.2. The zero-order chi connectivity index (χ0) is 11.7. The molecule has 1 N–H and O–H groups in total. The lowest BCUT2D eigenvalue weighted by molar-refractivity contribution is 0.346. The van der Waals surface area contributed by atoms with Gasteiger partial charge in [-0.15, -0.1) is 0 Å². The number of halogens is 1. The van der Waals surface area contributed by atoms with Gasteiger partial charge in [0.05, 0.1) is 18.0 Å². The van der Waals surface area contributed by atoms with E-state index in [0.717, 1.165) is 24.8 Å². The second kappa shape index (κ2) is 4.75. The van der Waals surface area contributed by atoms with Crippen molar-refractivity contribution in [1.82, 2.24) is 4.90 Å². The quantitative estimate of drug-likeness (QED) is 0.891. The van der Waals surface area contributed by atoms with E-state index >= 15 is 0 Å². The summed E-state index contributed by atoms with van der Waals surface area (Å²) in [5, 5.41) is 4.22. The molecule has 3 rings (SSSR count). The van der Waals surface area contributed by atoms with Crippen molar-refractivity contribution >= 4 is 23.0 Å². The van der Waals surface area contributed by atoms with Crippen LogP contribution in [0.25, 0.3) is 0 Å². The van der Waals surface area contributed by atoms with Crippen LogP contribution in [0.1, 0.15) is 12.8 Å². The highest BCUT2D eigenvalue weighted by Gasteiger charge is 2.20. The first-order valence-corrected chi connectivity index (χ1v) is 6.71. The summed E-state index contributed by atoms with van der Waals surface area (Å²) >= 11 is 6.05. The van der Waals surface area contributed by atoms with Gasteiger partial charge in [-0.25, -0.2) is 0 Å². The molecule has 0 radical (unpaired) electrons. The van der Waals surface area contributed by atoms with Crippen LogP contribution in [0.5, 0.6) is 0 Å². The molecule has 0 unspecified atom stereocenters. The summed E-state index contributed by atoms with van der Waals surface area (Å²) in [5.41, 5.74) is 2.45. The van der Waals surface area contributed by atoms with Gasteiger partial charge in [0.25, 0.3) is 0 Å². The molecule has 2 aliphatic heterocycles. The van der Waals surface area contributed by atoms with Crippen LogP contribution in [0.4, 0.5) is 11.4 Å². The minimum Gasteiger partial charge on any atom is -0.366 e. The van der Waals surface area contributed by atoms with Crippen molar-refractivity contribution in [3.8, 4) is 0 Å². The first-order valence-electron chi connectivity index (χ1n) is 6.34. The van der Waals surface area contributed by atoms with E-state index in [1.807, 2.05) is 6.07 Å². The molecule has 0 aliphatic carbocycles. The molecule has 1 aromatic carbocycles. The van der Waals surface area contributed by atoms with E-state index in [0.29, 0.717) is 0 Å². The van der Waals surface area contributed by atoms with Gasteiger partial charge in [0, 0.05) is 18.1 Å². The fourth-order valence-corrected chi connectivity index (χ4v) is 2.82. The minimum absolute atomic E-state index is 0.818. The number of nitrogens with zero attached hydrogens (tertiary/aromatic N) is 2. The Morgan fingerprint density at radius 2 is 2.00 bits per heavy atom. The average Bonchev–Trinajstić information content (AvgIpc) is 2.94. The zero-order valence-electron chi connectivity index (χ0n) is 9.95. The second-order valence-corrected chi connectivity index (χ2v) is 5.24. The van der Waals surface area contributed by atoms with Crippen molar-refractivity contribution in [2.45, 2.75) is 12.8 Å². The molecule has 3 nitrogen and oxygen atoms in total. The van der Waals surface area contributed by atoms with Crippen LogP contribution < -0.4 is 10.2 Å². The van der Waals surface area contributed by atoms with Gasteiger partial charge >= 0.3 is 0 Å². The van der Waals surface area contributed by atoms with E-state index in [1.165, 1.54) is 37.3 Å². The Labute approximate surface area is 107 Å². The summed E-state index contributed by atoms with van der Waals surface area (Å²) in [6.07, 6.45) is 2.72. The van der Waals surface area contributed by atoms with Gasteiger partial charge in [-0.3, -0.25) is 0 Å². The number of anilines is 2. The molecule has 4 heteroatoms. The van der Waals surface area contributed by atoms with Gasteiger partial charge in [-0.05, 0) is 44.1 Å². The highest BCUT2D eigenvalue weighted by atomic mass is 35.5. The van der Waals surface area contributed by atoms with Crippen molar-refractivity contribution in [1.29, 1.82) is 0 Å². The Hall–Kier alpha value is -0.930. The Morgan fingerprint density at radius 1 is 1.18 bits per heavy atom. The van der Waals surface area contributed by atoms with Gasteiger partial charge in [-0.2, -0.15) is 0 Å². The van der Waals surface area contributed by atoms with E-state index < -0.39 is 0 Å². The predicted octanol–water partition coefficient (Wildman–Crippen LogP) is 2.63. The molecule has 0 atom stereocenters. The van der Waals surface area contributed by atoms with Crippen LogP contribution in [-0.4, -0.2) is 37.7 Å². The third-order valence-electron chi connectivity index (χ3n) is 3.65. The molecule has 0 spiro atoms. The smallest absolute Gasteiger partial charge is 0.0878 e. The maximum atomic E-state index is 6.05. The van der Waals surface area contributed by atoms with Crippen molar-refractivity contribution in [3.05, 3.63) is 23.2 Å². The number of rotatable bonds is 3. The molecule has 1 aromatic rings. The van der Waals surface area contributed by atoms with Gasteiger partial charge in [-0.1, -0.05) is 11.6 Å². The van der Waals surface area contributed by atoms with Crippen LogP contribution in [0.15, 0.2) is 18.2 Å². The van der Waals surface area contributed by atoms with E-state index in [1.54, 1.807) is 0 Å². The van der Waals surface area contributed by atoms with E-state index in [9.17, 15) is 0 Å². The van der Waals surface area contributed by atoms with Gasteiger partial charge < -0.3 is 15.1 Å². The van der Waals surface area contributed by atoms with Crippen LogP contribution in [0.3, 0.4) is 0 Å². The fraction of sp³-hybridized carbons (Fsp3) is 0.538. The minimum atomic E-state index is 0.818. The topological polar surface area (TPSA) is 18.5 Å². The number of hydrogen-bond acceptors (Lipinski definition) is 3. The maximum Gasteiger partial charge on any atom is 0.0878 e. The van der Waals surface area contributed by atoms with Crippen LogP contribution in [0, 0.1) is 0 Å². The zero-order valence-corrected chi connectivity index (χ0v) is 10.7. The standard InChI is InChI=1S/C13H18ClN3/c14-11-3-4-12-13(9-11)17(10-15-12)8-7-16-5-1-2-6-16/h3-4,9,15H,1-2,5-8,10H2. The summed E-state index contributed by atoms with van der Waals surface area (Å²) in [6, 6.07) is 6.06. The van der Waals surface area contributed by atoms with Gasteiger partial charge in [0.2, 0.25) is 0 Å². The average molecular weight is 252 g/mol. The Bertz CT molecular complexity index is 402. The van der Waals surface area contributed by atoms with Crippen LogP contribution in [0.2, 0.25) is 5.02 Å². The van der Waals surface area contributed by atoms with Crippen LogP contribution >= 0.6 is 11.6 Å². The van der Waals surface area contributed by atoms with Crippen molar-refractivity contribution < 1.29 is 0 Å². The first-order chi connectivity index (χ1) is 8.33. The largest absolute Gasteiger partial charge is 0.366 e. The summed E-state index contributed by atoms with van der Waals surface area (Å²) in [6.45, 7) is 5.69. The number of fused-ring (bicyclic) bond motifs is 1. The molecular formula is C13H18ClN3. The first kappa shape index (κ1) is 11.2. The van der Waals surface area contributed by atoms with Crippen molar-refractivity contribution in [3.63, 3.8) is 0 Å². The molecule has 2 heterocycles. The van der Waals surface area contributed by atoms with Gasteiger partial charge in [0.15, 0.2) is 0 Å². The second-order valence-electron chi connectivity index (χ2n) is 4.81. The summed E-state index contributed by atoms with van der Waals surface area (Å²) in [7, 11) is 0.